The average Bonchev–Trinajstić information content (AvgIpc) is 3.07. The van der Waals surface area contributed by atoms with Gasteiger partial charge in [0.2, 0.25) is 5.91 Å². The maximum atomic E-state index is 12.2. The lowest BCUT2D eigenvalue weighted by Gasteiger charge is -2.11. The van der Waals surface area contributed by atoms with Crippen molar-refractivity contribution in [3.8, 4) is 11.4 Å². The third kappa shape index (κ3) is 4.55. The van der Waals surface area contributed by atoms with Gasteiger partial charge in [0.05, 0.1) is 5.75 Å². The van der Waals surface area contributed by atoms with Crippen molar-refractivity contribution in [1.29, 1.82) is 0 Å². The van der Waals surface area contributed by atoms with E-state index in [4.69, 9.17) is 0 Å². The van der Waals surface area contributed by atoms with Gasteiger partial charge in [-0.1, -0.05) is 11.8 Å². The molecule has 0 fully saturated rings. The number of carbonyl (C=O) groups excluding carboxylic acids is 2. The van der Waals surface area contributed by atoms with Crippen molar-refractivity contribution in [2.45, 2.75) is 5.16 Å². The number of pyridine rings is 1. The second-order valence-corrected chi connectivity index (χ2v) is 7.16. The van der Waals surface area contributed by atoms with E-state index in [-0.39, 0.29) is 17.6 Å². The number of hydrogen-bond acceptors (Lipinski definition) is 6. The summed E-state index contributed by atoms with van der Waals surface area (Å²) >= 11 is 1.30. The molecule has 9 heteroatoms. The normalized spacial score (nSPS) is 10.5. The predicted octanol–water partition coefficient (Wildman–Crippen LogP) is 2.31. The van der Waals surface area contributed by atoms with Crippen LogP contribution in [-0.2, 0) is 11.8 Å². The maximum absolute atomic E-state index is 12.2. The Bertz CT molecular complexity index is 970. The monoisotopic (exact) mass is 396 g/mol. The van der Waals surface area contributed by atoms with Crippen molar-refractivity contribution >= 4 is 29.3 Å². The van der Waals surface area contributed by atoms with Gasteiger partial charge in [0, 0.05) is 50.4 Å². The van der Waals surface area contributed by atoms with Crippen LogP contribution in [0.15, 0.2) is 53.9 Å². The van der Waals surface area contributed by atoms with Gasteiger partial charge in [0.1, 0.15) is 0 Å². The number of amides is 2. The molecule has 2 aromatic heterocycles. The molecule has 2 heterocycles. The summed E-state index contributed by atoms with van der Waals surface area (Å²) in [5, 5.41) is 11.8. The number of carbonyl (C=O) groups is 2. The van der Waals surface area contributed by atoms with Crippen molar-refractivity contribution in [1.82, 2.24) is 24.6 Å². The second-order valence-electron chi connectivity index (χ2n) is 6.21. The van der Waals surface area contributed by atoms with Gasteiger partial charge >= 0.3 is 0 Å². The third-order valence-corrected chi connectivity index (χ3v) is 4.95. The largest absolute Gasteiger partial charge is 0.345 e. The molecule has 2 amide bonds. The van der Waals surface area contributed by atoms with Crippen LogP contribution in [-0.4, -0.2) is 56.3 Å². The van der Waals surface area contributed by atoms with E-state index in [9.17, 15) is 9.59 Å². The Morgan fingerprint density at radius 3 is 2.39 bits per heavy atom. The summed E-state index contributed by atoms with van der Waals surface area (Å²) in [6.45, 7) is 0. The zero-order chi connectivity index (χ0) is 20.1. The summed E-state index contributed by atoms with van der Waals surface area (Å²) in [7, 11) is 5.25. The number of nitrogens with one attached hydrogen (secondary N) is 1. The van der Waals surface area contributed by atoms with Crippen LogP contribution in [0.2, 0.25) is 0 Å². The van der Waals surface area contributed by atoms with Crippen molar-refractivity contribution in [3.05, 3.63) is 54.4 Å². The molecule has 0 aliphatic heterocycles. The lowest BCUT2D eigenvalue weighted by Crippen LogP contribution is -2.21. The highest BCUT2D eigenvalue weighted by molar-refractivity contribution is 7.99. The van der Waals surface area contributed by atoms with Crippen LogP contribution >= 0.6 is 11.8 Å². The highest BCUT2D eigenvalue weighted by Gasteiger charge is 2.13. The van der Waals surface area contributed by atoms with Crippen molar-refractivity contribution in [2.75, 3.05) is 25.2 Å². The van der Waals surface area contributed by atoms with Crippen LogP contribution in [0.5, 0.6) is 0 Å². The van der Waals surface area contributed by atoms with Gasteiger partial charge in [-0.2, -0.15) is 0 Å². The first kappa shape index (κ1) is 19.6. The summed E-state index contributed by atoms with van der Waals surface area (Å²) in [5.74, 6) is 0.665. The summed E-state index contributed by atoms with van der Waals surface area (Å²) < 4.78 is 1.84. The lowest BCUT2D eigenvalue weighted by atomic mass is 10.2. The minimum atomic E-state index is -0.162. The van der Waals surface area contributed by atoms with E-state index in [0.29, 0.717) is 22.2 Å². The molecule has 0 spiro atoms. The SMILES string of the molecule is CN(C)C(=O)c1ccc(NC(=O)CSc2nnc(-c3ccncc3)n2C)cc1. The van der Waals surface area contributed by atoms with Gasteiger partial charge in [0.25, 0.3) is 5.91 Å². The third-order valence-electron chi connectivity index (χ3n) is 3.93. The van der Waals surface area contributed by atoms with Gasteiger partial charge in [0.15, 0.2) is 11.0 Å². The van der Waals surface area contributed by atoms with Crippen molar-refractivity contribution in [3.63, 3.8) is 0 Å². The number of thioether (sulfide) groups is 1. The quantitative estimate of drug-likeness (QED) is 0.643. The molecule has 8 nitrogen and oxygen atoms in total. The molecule has 0 aliphatic carbocycles. The minimum absolute atomic E-state index is 0.0827. The summed E-state index contributed by atoms with van der Waals surface area (Å²) in [5.41, 5.74) is 2.12. The minimum Gasteiger partial charge on any atom is -0.345 e. The Morgan fingerprint density at radius 2 is 1.75 bits per heavy atom. The smallest absolute Gasteiger partial charge is 0.253 e. The fourth-order valence-electron chi connectivity index (χ4n) is 2.47. The molecule has 0 radical (unpaired) electrons. The second kappa shape index (κ2) is 8.66. The molecule has 0 saturated carbocycles. The van der Waals surface area contributed by atoms with E-state index >= 15 is 0 Å². The molecule has 1 N–H and O–H groups in total. The van der Waals surface area contributed by atoms with Crippen LogP contribution < -0.4 is 5.32 Å². The van der Waals surface area contributed by atoms with Gasteiger partial charge in [-0.05, 0) is 36.4 Å². The number of benzene rings is 1. The highest BCUT2D eigenvalue weighted by atomic mass is 32.2. The molecule has 144 valence electrons. The van der Waals surface area contributed by atoms with Crippen molar-refractivity contribution in [2.24, 2.45) is 7.05 Å². The first-order valence-corrected chi connectivity index (χ1v) is 9.48. The Balaban J connectivity index is 1.58. The zero-order valence-electron chi connectivity index (χ0n) is 15.8. The van der Waals surface area contributed by atoms with Crippen LogP contribution in [0.3, 0.4) is 0 Å². The zero-order valence-corrected chi connectivity index (χ0v) is 16.6. The number of nitrogens with zero attached hydrogens (tertiary/aromatic N) is 5. The van der Waals surface area contributed by atoms with Gasteiger partial charge in [-0.15, -0.1) is 10.2 Å². The molecule has 1 aromatic carbocycles. The number of rotatable bonds is 6. The molecule has 0 unspecified atom stereocenters. The number of anilines is 1. The molecular weight excluding hydrogens is 376 g/mol. The molecule has 3 rings (SSSR count). The molecule has 3 aromatic rings. The molecular formula is C19H20N6O2S. The first-order chi connectivity index (χ1) is 13.5. The number of hydrogen-bond donors (Lipinski definition) is 1. The van der Waals surface area contributed by atoms with Crippen molar-refractivity contribution < 1.29 is 9.59 Å². The van der Waals surface area contributed by atoms with E-state index < -0.39 is 0 Å². The van der Waals surface area contributed by atoms with Crippen LogP contribution in [0.25, 0.3) is 11.4 Å². The Morgan fingerprint density at radius 1 is 1.07 bits per heavy atom. The Hall–Kier alpha value is -3.20. The van der Waals surface area contributed by atoms with E-state index in [1.165, 1.54) is 16.7 Å². The van der Waals surface area contributed by atoms with Gasteiger partial charge < -0.3 is 14.8 Å². The van der Waals surface area contributed by atoms with E-state index in [1.54, 1.807) is 50.8 Å². The van der Waals surface area contributed by atoms with Gasteiger partial charge in [-0.25, -0.2) is 0 Å². The topological polar surface area (TPSA) is 93.0 Å². The highest BCUT2D eigenvalue weighted by Crippen LogP contribution is 2.22. The predicted molar refractivity (Wildman–Crippen MR) is 108 cm³/mol. The van der Waals surface area contributed by atoms with Gasteiger partial charge in [-0.3, -0.25) is 14.6 Å². The fourth-order valence-corrected chi connectivity index (χ4v) is 3.19. The summed E-state index contributed by atoms with van der Waals surface area (Å²) in [6.07, 6.45) is 3.39. The summed E-state index contributed by atoms with van der Waals surface area (Å²) in [4.78, 5) is 29.6. The van der Waals surface area contributed by atoms with E-state index in [1.807, 2.05) is 23.7 Å². The molecule has 0 atom stereocenters. The average molecular weight is 396 g/mol. The molecule has 0 aliphatic rings. The Kier molecular flexibility index (Phi) is 6.05. The molecule has 28 heavy (non-hydrogen) atoms. The maximum Gasteiger partial charge on any atom is 0.253 e. The van der Waals surface area contributed by atoms with Crippen LogP contribution in [0.1, 0.15) is 10.4 Å². The molecule has 0 bridgehead atoms. The molecule has 0 saturated heterocycles. The standard InChI is InChI=1S/C19H20N6O2S/c1-24(2)18(27)14-4-6-15(7-5-14)21-16(26)12-28-19-23-22-17(25(19)3)13-8-10-20-11-9-13/h4-11H,12H2,1-3H3,(H,21,26). The van der Waals surface area contributed by atoms with E-state index in [0.717, 1.165) is 5.56 Å². The fraction of sp³-hybridized carbons (Fsp3) is 0.211. The first-order valence-electron chi connectivity index (χ1n) is 8.50. The Labute approximate surface area is 167 Å². The van der Waals surface area contributed by atoms with Crippen LogP contribution in [0.4, 0.5) is 5.69 Å². The van der Waals surface area contributed by atoms with E-state index in [2.05, 4.69) is 20.5 Å². The van der Waals surface area contributed by atoms with Crippen LogP contribution in [0, 0.1) is 0 Å². The number of aromatic nitrogens is 4. The lowest BCUT2D eigenvalue weighted by molar-refractivity contribution is -0.113. The summed E-state index contributed by atoms with van der Waals surface area (Å²) in [6, 6.07) is 10.5.